The van der Waals surface area contributed by atoms with Crippen molar-refractivity contribution in [1.29, 1.82) is 0 Å². The Kier molecular flexibility index (Phi) is 4.18. The number of anilines is 1. The number of aryl methyl sites for hydroxylation is 2. The first-order chi connectivity index (χ1) is 12.5. The van der Waals surface area contributed by atoms with Gasteiger partial charge in [-0.3, -0.25) is 4.79 Å². The minimum atomic E-state index is -0.210. The molecule has 0 saturated carbocycles. The van der Waals surface area contributed by atoms with Crippen LogP contribution in [-0.4, -0.2) is 25.7 Å². The lowest BCUT2D eigenvalue weighted by Crippen LogP contribution is -2.11. The van der Waals surface area contributed by atoms with Crippen LogP contribution in [0.1, 0.15) is 21.7 Å². The van der Waals surface area contributed by atoms with E-state index in [0.717, 1.165) is 26.9 Å². The summed E-state index contributed by atoms with van der Waals surface area (Å²) in [5.41, 5.74) is 3.04. The van der Waals surface area contributed by atoms with Crippen LogP contribution in [0.25, 0.3) is 15.5 Å². The molecule has 0 unspecified atom stereocenters. The average molecular weight is 384 g/mol. The van der Waals surface area contributed by atoms with E-state index in [-0.39, 0.29) is 5.91 Å². The molecule has 1 N–H and O–H groups in total. The fourth-order valence-electron chi connectivity index (χ4n) is 2.50. The molecule has 0 aliphatic heterocycles. The smallest absolute Gasteiger partial charge is 0.255 e. The Morgan fingerprint density at radius 3 is 2.77 bits per heavy atom. The number of benzene rings is 2. The van der Waals surface area contributed by atoms with Gasteiger partial charge in [-0.05, 0) is 43.7 Å². The number of hydrogen-bond acceptors (Lipinski definition) is 5. The highest BCUT2D eigenvalue weighted by Crippen LogP contribution is 2.27. The molecule has 0 spiro atoms. The number of aromatic nitrogens is 4. The maximum atomic E-state index is 12.5. The van der Waals surface area contributed by atoms with Crippen molar-refractivity contribution >= 4 is 39.5 Å². The molecule has 2 aromatic heterocycles. The Labute approximate surface area is 158 Å². The molecule has 0 aliphatic carbocycles. The van der Waals surface area contributed by atoms with E-state index in [1.807, 2.05) is 44.2 Å². The molecule has 2 aromatic carbocycles. The summed E-state index contributed by atoms with van der Waals surface area (Å²) in [5.74, 6) is 0.529. The molecule has 0 bridgehead atoms. The lowest BCUT2D eigenvalue weighted by molar-refractivity contribution is 0.102. The van der Waals surface area contributed by atoms with Crippen LogP contribution in [0.4, 0.5) is 5.69 Å². The SMILES string of the molecule is Cc1ccc(C(=O)Nc2cccc(-c3nn4c(C)nnc4s3)c2)cc1Cl. The number of hydrogen-bond donors (Lipinski definition) is 1. The Balaban J connectivity index is 1.60. The third-order valence-electron chi connectivity index (χ3n) is 3.95. The number of fused-ring (bicyclic) bond motifs is 1. The fraction of sp³-hybridized carbons (Fsp3) is 0.111. The number of nitrogens with one attached hydrogen (secondary N) is 1. The van der Waals surface area contributed by atoms with Crippen molar-refractivity contribution in [1.82, 2.24) is 19.8 Å². The van der Waals surface area contributed by atoms with Gasteiger partial charge < -0.3 is 5.32 Å². The minimum absolute atomic E-state index is 0.210. The molecule has 0 aliphatic rings. The number of nitrogens with zero attached hydrogens (tertiary/aromatic N) is 4. The maximum Gasteiger partial charge on any atom is 0.255 e. The zero-order valence-electron chi connectivity index (χ0n) is 14.0. The van der Waals surface area contributed by atoms with Crippen molar-refractivity contribution in [3.05, 3.63) is 64.4 Å². The van der Waals surface area contributed by atoms with Crippen LogP contribution in [0.2, 0.25) is 5.02 Å². The average Bonchev–Trinajstić information content (AvgIpc) is 3.20. The fourth-order valence-corrected chi connectivity index (χ4v) is 3.56. The number of carbonyl (C=O) groups is 1. The van der Waals surface area contributed by atoms with E-state index in [2.05, 4.69) is 20.6 Å². The number of rotatable bonds is 3. The Bertz CT molecular complexity index is 1130. The predicted octanol–water partition coefficient (Wildman–Crippen LogP) is 4.38. The number of carbonyl (C=O) groups excluding carboxylic acids is 1. The van der Waals surface area contributed by atoms with Gasteiger partial charge in [0.2, 0.25) is 4.96 Å². The molecule has 130 valence electrons. The van der Waals surface area contributed by atoms with Crippen LogP contribution in [0.15, 0.2) is 42.5 Å². The summed E-state index contributed by atoms with van der Waals surface area (Å²) in [6, 6.07) is 12.8. The zero-order valence-corrected chi connectivity index (χ0v) is 15.6. The second-order valence-corrected chi connectivity index (χ2v) is 7.21. The van der Waals surface area contributed by atoms with Crippen LogP contribution >= 0.6 is 22.9 Å². The van der Waals surface area contributed by atoms with Gasteiger partial charge in [0.15, 0.2) is 5.82 Å². The standard InChI is InChI=1S/C18H14ClN5OS/c1-10-6-7-12(9-15(10)19)16(25)20-14-5-3-4-13(8-14)17-23-24-11(2)21-22-18(24)26-17/h3-9H,1-2H3,(H,20,25). The van der Waals surface area contributed by atoms with Gasteiger partial charge >= 0.3 is 0 Å². The van der Waals surface area contributed by atoms with Crippen molar-refractivity contribution < 1.29 is 4.79 Å². The maximum absolute atomic E-state index is 12.5. The third kappa shape index (κ3) is 3.07. The van der Waals surface area contributed by atoms with Gasteiger partial charge in [0.25, 0.3) is 5.91 Å². The quantitative estimate of drug-likeness (QED) is 0.570. The van der Waals surface area contributed by atoms with Gasteiger partial charge in [-0.1, -0.05) is 41.1 Å². The van der Waals surface area contributed by atoms with E-state index < -0.39 is 0 Å². The highest BCUT2D eigenvalue weighted by molar-refractivity contribution is 7.19. The second kappa shape index (κ2) is 6.51. The van der Waals surface area contributed by atoms with Crippen LogP contribution in [0.3, 0.4) is 0 Å². The molecule has 4 rings (SSSR count). The summed E-state index contributed by atoms with van der Waals surface area (Å²) in [7, 11) is 0. The molecule has 0 saturated heterocycles. The van der Waals surface area contributed by atoms with Crippen molar-refractivity contribution in [3.8, 4) is 10.6 Å². The Hall–Kier alpha value is -2.77. The van der Waals surface area contributed by atoms with Gasteiger partial charge in [-0.25, -0.2) is 0 Å². The molecule has 4 aromatic rings. The van der Waals surface area contributed by atoms with E-state index in [4.69, 9.17) is 11.6 Å². The molecule has 1 amide bonds. The highest BCUT2D eigenvalue weighted by atomic mass is 35.5. The second-order valence-electron chi connectivity index (χ2n) is 5.85. The van der Waals surface area contributed by atoms with Crippen molar-refractivity contribution in [2.45, 2.75) is 13.8 Å². The summed E-state index contributed by atoms with van der Waals surface area (Å²) in [6.07, 6.45) is 0. The molecule has 2 heterocycles. The van der Waals surface area contributed by atoms with E-state index >= 15 is 0 Å². The van der Waals surface area contributed by atoms with Gasteiger partial charge in [-0.15, -0.1) is 10.2 Å². The molecule has 8 heteroatoms. The van der Waals surface area contributed by atoms with Crippen LogP contribution < -0.4 is 5.32 Å². The van der Waals surface area contributed by atoms with Crippen LogP contribution in [-0.2, 0) is 0 Å². The van der Waals surface area contributed by atoms with Crippen molar-refractivity contribution in [2.75, 3.05) is 5.32 Å². The molecule has 26 heavy (non-hydrogen) atoms. The van der Waals surface area contributed by atoms with Crippen molar-refractivity contribution in [2.24, 2.45) is 0 Å². The largest absolute Gasteiger partial charge is 0.322 e. The monoisotopic (exact) mass is 383 g/mol. The van der Waals surface area contributed by atoms with E-state index in [1.165, 1.54) is 11.3 Å². The molecule has 0 atom stereocenters. The minimum Gasteiger partial charge on any atom is -0.322 e. The summed E-state index contributed by atoms with van der Waals surface area (Å²) in [6.45, 7) is 3.75. The van der Waals surface area contributed by atoms with Gasteiger partial charge in [0.05, 0.1) is 0 Å². The first-order valence-electron chi connectivity index (χ1n) is 7.88. The molecule has 0 fully saturated rings. The first-order valence-corrected chi connectivity index (χ1v) is 9.07. The first kappa shape index (κ1) is 16.7. The molecular weight excluding hydrogens is 370 g/mol. The molecule has 6 nitrogen and oxygen atoms in total. The van der Waals surface area contributed by atoms with Gasteiger partial charge in [0, 0.05) is 21.8 Å². The predicted molar refractivity (Wildman–Crippen MR) is 103 cm³/mol. The van der Waals surface area contributed by atoms with E-state index in [0.29, 0.717) is 16.3 Å². The summed E-state index contributed by atoms with van der Waals surface area (Å²) < 4.78 is 1.71. The molecular formula is C18H14ClN5OS. The lowest BCUT2D eigenvalue weighted by atomic mass is 10.1. The van der Waals surface area contributed by atoms with Crippen LogP contribution in [0, 0.1) is 13.8 Å². The summed E-state index contributed by atoms with van der Waals surface area (Å²) >= 11 is 7.55. The number of amides is 1. The third-order valence-corrected chi connectivity index (χ3v) is 5.30. The van der Waals surface area contributed by atoms with Crippen molar-refractivity contribution in [3.63, 3.8) is 0 Å². The molecule has 0 radical (unpaired) electrons. The van der Waals surface area contributed by atoms with Gasteiger partial charge in [0.1, 0.15) is 5.01 Å². The number of halogens is 1. The highest BCUT2D eigenvalue weighted by Gasteiger charge is 2.12. The van der Waals surface area contributed by atoms with Crippen LogP contribution in [0.5, 0.6) is 0 Å². The van der Waals surface area contributed by atoms with E-state index in [1.54, 1.807) is 16.6 Å². The Morgan fingerprint density at radius 1 is 1.15 bits per heavy atom. The summed E-state index contributed by atoms with van der Waals surface area (Å²) in [4.78, 5) is 13.2. The topological polar surface area (TPSA) is 72.2 Å². The summed E-state index contributed by atoms with van der Waals surface area (Å²) in [5, 5.41) is 16.9. The van der Waals surface area contributed by atoms with E-state index in [9.17, 15) is 4.79 Å². The normalized spacial score (nSPS) is 11.0. The zero-order chi connectivity index (χ0) is 18.3. The van der Waals surface area contributed by atoms with Gasteiger partial charge in [-0.2, -0.15) is 9.61 Å². The Morgan fingerprint density at radius 2 is 2.00 bits per heavy atom. The lowest BCUT2D eigenvalue weighted by Gasteiger charge is -2.07.